The van der Waals surface area contributed by atoms with Crippen LogP contribution < -0.4 is 0 Å². The highest BCUT2D eigenvalue weighted by Crippen LogP contribution is 2.13. The quantitative estimate of drug-likeness (QED) is 0.256. The van der Waals surface area contributed by atoms with Crippen LogP contribution in [0.4, 0.5) is 0 Å². The Bertz CT molecular complexity index is 224. The molecule has 1 nitrogen and oxygen atoms in total. The van der Waals surface area contributed by atoms with E-state index in [4.69, 9.17) is 0 Å². The lowest BCUT2D eigenvalue weighted by Crippen LogP contribution is -1.83. The van der Waals surface area contributed by atoms with Gasteiger partial charge < -0.3 is 4.74 Å². The zero-order chi connectivity index (χ0) is 14.7. The minimum Gasteiger partial charge on any atom is -0.443 e. The van der Waals surface area contributed by atoms with Crippen LogP contribution in [0.5, 0.6) is 0 Å². The summed E-state index contributed by atoms with van der Waals surface area (Å²) in [6.45, 7) is 2.28. The minimum absolute atomic E-state index is 0.952. The molecule has 0 aliphatic heterocycles. The van der Waals surface area contributed by atoms with Crippen LogP contribution in [0.15, 0.2) is 0 Å². The van der Waals surface area contributed by atoms with Gasteiger partial charge in [-0.05, 0) is 6.42 Å². The minimum atomic E-state index is 0.952. The maximum absolute atomic E-state index is 4.45. The molecular weight excluding hydrogens is 244 g/mol. The Labute approximate surface area is 127 Å². The Balaban J connectivity index is 2.96. The fraction of sp³-hybridized carbons (Fsp3) is 0.842. The largest absolute Gasteiger partial charge is 0.443 e. The molecule has 0 rings (SSSR count). The highest BCUT2D eigenvalue weighted by molar-refractivity contribution is 4.90. The molecule has 0 N–H and O–H groups in total. The van der Waals surface area contributed by atoms with E-state index in [1.165, 1.54) is 89.9 Å². The topological polar surface area (TPSA) is 9.23 Å². The molecule has 0 spiro atoms. The molecule has 117 valence electrons. The summed E-state index contributed by atoms with van der Waals surface area (Å²) in [6.07, 6.45) is 23.1. The highest BCUT2D eigenvalue weighted by atomic mass is 16.5. The summed E-state index contributed by atoms with van der Waals surface area (Å²) in [5.41, 5.74) is 0. The van der Waals surface area contributed by atoms with Crippen LogP contribution >= 0.6 is 0 Å². The van der Waals surface area contributed by atoms with E-state index in [-0.39, 0.29) is 0 Å². The van der Waals surface area contributed by atoms with Gasteiger partial charge in [0.15, 0.2) is 0 Å². The van der Waals surface area contributed by atoms with E-state index in [2.05, 4.69) is 30.8 Å². The van der Waals surface area contributed by atoms with E-state index in [0.29, 0.717) is 0 Å². The summed E-state index contributed by atoms with van der Waals surface area (Å²) in [6, 6.07) is 0. The number of hydrogen-bond donors (Lipinski definition) is 0. The molecule has 1 radical (unpaired) electrons. The van der Waals surface area contributed by atoms with Crippen molar-refractivity contribution in [1.29, 1.82) is 0 Å². The number of hydrogen-bond acceptors (Lipinski definition) is 1. The van der Waals surface area contributed by atoms with Crippen LogP contribution in [0.25, 0.3) is 0 Å². The standard InChI is InChI=1S/C19H35O/c1-3-4-5-6-7-8-9-10-11-12-13-14-15-16-17-18-19-20-2/h2-17H2,1H3. The molecule has 0 unspecified atom stereocenters. The molecule has 0 saturated carbocycles. The molecular formula is C19H35O. The van der Waals surface area contributed by atoms with Gasteiger partial charge in [-0.25, -0.2) is 0 Å². The molecule has 0 atom stereocenters. The predicted octanol–water partition coefficient (Wildman–Crippen LogP) is 6.63. The summed E-state index contributed by atoms with van der Waals surface area (Å²) >= 11 is 0. The fourth-order valence-corrected chi connectivity index (χ4v) is 2.51. The summed E-state index contributed by atoms with van der Waals surface area (Å²) in [5.74, 6) is 2.94. The maximum atomic E-state index is 4.45. The predicted molar refractivity (Wildman–Crippen MR) is 89.1 cm³/mol. The molecule has 0 amide bonds. The van der Waals surface area contributed by atoms with Crippen LogP contribution in [0.2, 0.25) is 0 Å². The van der Waals surface area contributed by atoms with Crippen molar-refractivity contribution in [2.75, 3.05) is 0 Å². The van der Waals surface area contributed by atoms with E-state index in [1.807, 2.05) is 0 Å². The highest BCUT2D eigenvalue weighted by Gasteiger charge is 1.93. The van der Waals surface area contributed by atoms with Gasteiger partial charge in [-0.1, -0.05) is 96.3 Å². The summed E-state index contributed by atoms with van der Waals surface area (Å²) < 4.78 is 4.45. The number of rotatable bonds is 14. The van der Waals surface area contributed by atoms with Crippen molar-refractivity contribution >= 4 is 0 Å². The molecule has 0 aromatic rings. The average molecular weight is 279 g/mol. The Morgan fingerprint density at radius 3 is 1.45 bits per heavy atom. The van der Waals surface area contributed by atoms with Gasteiger partial charge in [0.25, 0.3) is 0 Å². The van der Waals surface area contributed by atoms with Gasteiger partial charge in [0.1, 0.15) is 13.2 Å². The smallest absolute Gasteiger partial charge is 0.135 e. The average Bonchev–Trinajstić information content (AvgIpc) is 2.47. The molecule has 20 heavy (non-hydrogen) atoms. The monoisotopic (exact) mass is 279 g/mol. The maximum Gasteiger partial charge on any atom is 0.135 e. The molecule has 0 aliphatic carbocycles. The van der Waals surface area contributed by atoms with Crippen molar-refractivity contribution < 1.29 is 4.74 Å². The van der Waals surface area contributed by atoms with Crippen LogP contribution in [-0.2, 0) is 4.74 Å². The Kier molecular flexibility index (Phi) is 17.8. The molecule has 0 saturated heterocycles. The lowest BCUT2D eigenvalue weighted by Gasteiger charge is -2.02. The Morgan fingerprint density at radius 2 is 1.05 bits per heavy atom. The Morgan fingerprint density at radius 1 is 0.650 bits per heavy atom. The second-order valence-electron chi connectivity index (χ2n) is 5.77. The van der Waals surface area contributed by atoms with Crippen molar-refractivity contribution in [2.45, 2.75) is 103 Å². The third-order valence-electron chi connectivity index (χ3n) is 3.80. The van der Waals surface area contributed by atoms with Gasteiger partial charge in [-0.3, -0.25) is 0 Å². The van der Waals surface area contributed by atoms with E-state index >= 15 is 0 Å². The Hall–Kier alpha value is -0.640. The lowest BCUT2D eigenvalue weighted by atomic mass is 10.0. The van der Waals surface area contributed by atoms with Crippen molar-refractivity contribution in [2.24, 2.45) is 0 Å². The molecule has 0 heterocycles. The molecule has 1 heteroatoms. The summed E-state index contributed by atoms with van der Waals surface area (Å²) in [5, 5.41) is 0. The van der Waals surface area contributed by atoms with Crippen LogP contribution in [0.1, 0.15) is 103 Å². The van der Waals surface area contributed by atoms with E-state index in [9.17, 15) is 0 Å². The molecule has 0 aliphatic rings. The van der Waals surface area contributed by atoms with Gasteiger partial charge in [0.2, 0.25) is 0 Å². The van der Waals surface area contributed by atoms with Crippen LogP contribution in [0, 0.1) is 19.1 Å². The lowest BCUT2D eigenvalue weighted by molar-refractivity contribution is 0.430. The first-order chi connectivity index (χ1) is 9.91. The normalized spacial score (nSPS) is 10.1. The first-order valence-electron chi connectivity index (χ1n) is 8.80. The van der Waals surface area contributed by atoms with Gasteiger partial charge in [-0.15, -0.1) is 0 Å². The van der Waals surface area contributed by atoms with Crippen molar-refractivity contribution in [3.05, 3.63) is 7.11 Å². The van der Waals surface area contributed by atoms with E-state index in [0.717, 1.165) is 6.42 Å². The molecule has 0 aromatic carbocycles. The SMILES string of the molecule is [CH2]OC#CCCCCCCCCCCCCCCCC. The van der Waals surface area contributed by atoms with Crippen molar-refractivity contribution in [3.8, 4) is 12.0 Å². The van der Waals surface area contributed by atoms with Crippen molar-refractivity contribution in [1.82, 2.24) is 0 Å². The van der Waals surface area contributed by atoms with Gasteiger partial charge in [0.05, 0.1) is 0 Å². The summed E-state index contributed by atoms with van der Waals surface area (Å²) in [7, 11) is 3.22. The zero-order valence-corrected chi connectivity index (χ0v) is 13.7. The zero-order valence-electron chi connectivity index (χ0n) is 13.7. The van der Waals surface area contributed by atoms with E-state index < -0.39 is 0 Å². The first-order valence-corrected chi connectivity index (χ1v) is 8.80. The van der Waals surface area contributed by atoms with E-state index in [1.54, 1.807) is 0 Å². The number of unbranched alkanes of at least 4 members (excludes halogenated alkanes) is 14. The summed E-state index contributed by atoms with van der Waals surface area (Å²) in [4.78, 5) is 0. The molecule has 0 aromatic heterocycles. The molecule has 0 bridgehead atoms. The van der Waals surface area contributed by atoms with Crippen LogP contribution in [0.3, 0.4) is 0 Å². The molecule has 0 fully saturated rings. The van der Waals surface area contributed by atoms with Crippen molar-refractivity contribution in [3.63, 3.8) is 0 Å². The third-order valence-corrected chi connectivity index (χ3v) is 3.80. The van der Waals surface area contributed by atoms with Crippen LogP contribution in [-0.4, -0.2) is 0 Å². The number of ether oxygens (including phenoxy) is 1. The van der Waals surface area contributed by atoms with Gasteiger partial charge in [-0.2, -0.15) is 0 Å². The fourth-order valence-electron chi connectivity index (χ4n) is 2.51. The first kappa shape index (κ1) is 19.4. The van der Waals surface area contributed by atoms with Gasteiger partial charge >= 0.3 is 0 Å². The third kappa shape index (κ3) is 17.4. The second kappa shape index (κ2) is 18.4. The second-order valence-corrected chi connectivity index (χ2v) is 5.77. The van der Waals surface area contributed by atoms with Gasteiger partial charge in [0, 0.05) is 6.42 Å².